The highest BCUT2D eigenvalue weighted by Crippen LogP contribution is 2.32. The van der Waals surface area contributed by atoms with E-state index in [2.05, 4.69) is 15.3 Å². The Bertz CT molecular complexity index is 920. The number of rotatable bonds is 4. The van der Waals surface area contributed by atoms with E-state index in [1.54, 1.807) is 38.1 Å². The number of hydrogen-bond acceptors (Lipinski definition) is 7. The molecule has 3 aromatic rings. The first-order valence-electron chi connectivity index (χ1n) is 7.81. The number of hydrogen-bond donors (Lipinski definition) is 3. The molecule has 0 aliphatic rings. The topological polar surface area (TPSA) is 108 Å². The van der Waals surface area contributed by atoms with E-state index >= 15 is 0 Å². The lowest BCUT2D eigenvalue weighted by Crippen LogP contribution is -2.18. The number of ether oxygens (including phenoxy) is 2. The highest BCUT2D eigenvalue weighted by molar-refractivity contribution is 7.98. The van der Waals surface area contributed by atoms with Crippen molar-refractivity contribution in [2.45, 2.75) is 4.90 Å². The van der Waals surface area contributed by atoms with Crippen molar-refractivity contribution in [1.82, 2.24) is 9.97 Å². The van der Waals surface area contributed by atoms with Gasteiger partial charge in [0.1, 0.15) is 12.1 Å². The molecule has 27 heavy (non-hydrogen) atoms. The molecule has 5 N–H and O–H groups in total. The maximum atomic E-state index is 5.72. The fraction of sp³-hybridized carbons (Fsp3) is 0.167. The smallest absolute Gasteiger partial charge is 0.168 e. The van der Waals surface area contributed by atoms with E-state index in [4.69, 9.17) is 33.2 Å². The largest absolute Gasteiger partial charge is 0.493 e. The number of thioether (sulfide) groups is 1. The van der Waals surface area contributed by atoms with Crippen LogP contribution in [0.5, 0.6) is 11.5 Å². The van der Waals surface area contributed by atoms with Gasteiger partial charge in [-0.05, 0) is 48.8 Å². The fourth-order valence-electron chi connectivity index (χ4n) is 2.22. The van der Waals surface area contributed by atoms with E-state index in [0.29, 0.717) is 22.4 Å². The van der Waals surface area contributed by atoms with Crippen LogP contribution in [-0.2, 0) is 0 Å². The Hall–Kier alpha value is -2.78. The van der Waals surface area contributed by atoms with E-state index in [-0.39, 0.29) is 0 Å². The molecule has 0 unspecified atom stereocenters. The molecule has 3 rings (SSSR count). The minimum Gasteiger partial charge on any atom is -0.493 e. The number of aromatic nitrogens is 2. The van der Waals surface area contributed by atoms with Crippen LogP contribution in [0.15, 0.2) is 47.6 Å². The third-order valence-electron chi connectivity index (χ3n) is 3.53. The number of methoxy groups -OCH3 is 2. The van der Waals surface area contributed by atoms with Crippen molar-refractivity contribution in [3.05, 3.63) is 42.7 Å². The van der Waals surface area contributed by atoms with E-state index in [9.17, 15) is 0 Å². The van der Waals surface area contributed by atoms with Crippen LogP contribution in [0.2, 0.25) is 0 Å². The van der Waals surface area contributed by atoms with Gasteiger partial charge < -0.3 is 26.3 Å². The predicted octanol–water partition coefficient (Wildman–Crippen LogP) is 3.29. The molecule has 0 aliphatic carbocycles. The van der Waals surface area contributed by atoms with E-state index in [1.807, 2.05) is 30.5 Å². The summed E-state index contributed by atoms with van der Waals surface area (Å²) in [5.74, 6) is 1.68. The lowest BCUT2D eigenvalue weighted by atomic mass is 10.2. The monoisotopic (exact) mass is 403 g/mol. The summed E-state index contributed by atoms with van der Waals surface area (Å²) in [4.78, 5) is 9.23. The van der Waals surface area contributed by atoms with Gasteiger partial charge in [0.05, 0.1) is 19.7 Å². The molecule has 0 saturated heterocycles. The Morgan fingerprint density at radius 3 is 2.26 bits per heavy atom. The summed E-state index contributed by atoms with van der Waals surface area (Å²) in [6.45, 7) is 0. The second kappa shape index (κ2) is 9.79. The quantitative estimate of drug-likeness (QED) is 0.446. The van der Waals surface area contributed by atoms with Gasteiger partial charge in [-0.1, -0.05) is 0 Å². The molecular weight excluding hydrogens is 382 g/mol. The molecule has 1 aromatic heterocycles. The molecule has 7 nitrogen and oxygen atoms in total. The molecule has 0 bridgehead atoms. The van der Waals surface area contributed by atoms with Gasteiger partial charge in [0.25, 0.3) is 0 Å². The summed E-state index contributed by atoms with van der Waals surface area (Å²) in [5, 5.41) is 3.91. The van der Waals surface area contributed by atoms with Gasteiger partial charge in [-0.25, -0.2) is 9.97 Å². The van der Waals surface area contributed by atoms with Crippen LogP contribution in [0.1, 0.15) is 0 Å². The zero-order valence-electron chi connectivity index (χ0n) is 15.2. The number of nitrogens with zero attached hydrogens (tertiary/aromatic N) is 2. The van der Waals surface area contributed by atoms with E-state index in [1.165, 1.54) is 11.2 Å². The lowest BCUT2D eigenvalue weighted by Gasteiger charge is -2.08. The Labute approximate surface area is 167 Å². The number of fused-ring (bicyclic) bond motifs is 1. The first-order chi connectivity index (χ1) is 13.0. The van der Waals surface area contributed by atoms with Crippen LogP contribution >= 0.6 is 24.0 Å². The van der Waals surface area contributed by atoms with Crippen molar-refractivity contribution in [3.8, 4) is 11.5 Å². The van der Waals surface area contributed by atoms with Crippen molar-refractivity contribution in [2.24, 2.45) is 5.73 Å². The Kier molecular flexibility index (Phi) is 7.44. The minimum absolute atomic E-state index is 0.298. The van der Waals surface area contributed by atoms with Crippen molar-refractivity contribution in [2.75, 3.05) is 31.5 Å². The van der Waals surface area contributed by atoms with Crippen LogP contribution in [0.25, 0.3) is 10.9 Å². The molecule has 0 aliphatic heterocycles. The third kappa shape index (κ3) is 5.60. The van der Waals surface area contributed by atoms with Crippen molar-refractivity contribution in [1.29, 1.82) is 0 Å². The number of nitrogen functional groups attached to an aromatic ring is 1. The Morgan fingerprint density at radius 1 is 1.07 bits per heavy atom. The zero-order chi connectivity index (χ0) is 19.8. The molecule has 0 atom stereocenters. The maximum absolute atomic E-state index is 5.72. The van der Waals surface area contributed by atoms with Crippen LogP contribution < -0.4 is 26.3 Å². The molecule has 142 valence electrons. The van der Waals surface area contributed by atoms with Gasteiger partial charge >= 0.3 is 0 Å². The first kappa shape index (κ1) is 20.5. The fourth-order valence-corrected chi connectivity index (χ4v) is 2.75. The lowest BCUT2D eigenvalue weighted by molar-refractivity contribution is 0.356. The predicted molar refractivity (Wildman–Crippen MR) is 116 cm³/mol. The van der Waals surface area contributed by atoms with Crippen LogP contribution in [0, 0.1) is 0 Å². The molecule has 2 aromatic carbocycles. The molecule has 0 amide bonds. The summed E-state index contributed by atoms with van der Waals surface area (Å²) in [6.07, 6.45) is 3.46. The van der Waals surface area contributed by atoms with Gasteiger partial charge in [0.15, 0.2) is 16.6 Å². The van der Waals surface area contributed by atoms with Crippen molar-refractivity contribution in [3.63, 3.8) is 0 Å². The Morgan fingerprint density at radius 2 is 1.70 bits per heavy atom. The van der Waals surface area contributed by atoms with Gasteiger partial charge in [0.2, 0.25) is 0 Å². The highest BCUT2D eigenvalue weighted by Gasteiger charge is 2.08. The van der Waals surface area contributed by atoms with E-state index in [0.717, 1.165) is 16.6 Å². The molecule has 0 spiro atoms. The van der Waals surface area contributed by atoms with Crippen molar-refractivity contribution < 1.29 is 9.47 Å². The summed E-state index contributed by atoms with van der Waals surface area (Å²) in [6, 6.07) is 11.5. The molecule has 9 heteroatoms. The van der Waals surface area contributed by atoms with Crippen LogP contribution in [0.4, 0.5) is 11.5 Å². The van der Waals surface area contributed by atoms with Crippen LogP contribution in [-0.4, -0.2) is 35.6 Å². The number of nitrogens with one attached hydrogen (secondary N) is 1. The number of thiocarbonyl (C=S) groups is 1. The first-order valence-corrected chi connectivity index (χ1v) is 9.44. The number of benzene rings is 2. The second-order valence-electron chi connectivity index (χ2n) is 5.20. The summed E-state index contributed by atoms with van der Waals surface area (Å²) in [5.41, 5.74) is 12.7. The molecular formula is C18H21N5O2S2. The standard InChI is InChI=1S/C10H11N3O2.C8H10N2S2/c1-14-8-3-6-7(4-9(8)15-2)12-5-13-10(6)11;1-12-7-4-2-6(3-5-7)10-8(9)11/h3-5H,1-2H3,(H2,11,12,13);2-5H,1H3,(H3,9,10,11). The summed E-state index contributed by atoms with van der Waals surface area (Å²) >= 11 is 6.40. The molecule has 0 radical (unpaired) electrons. The van der Waals surface area contributed by atoms with Gasteiger partial charge in [-0.3, -0.25) is 0 Å². The SMILES string of the molecule is COc1cc2ncnc(N)c2cc1OC.CSc1ccc(NC(N)=S)cc1. The average molecular weight is 404 g/mol. The average Bonchev–Trinajstić information content (AvgIpc) is 2.68. The normalized spacial score (nSPS) is 9.89. The molecule has 0 saturated carbocycles. The third-order valence-corrected chi connectivity index (χ3v) is 4.37. The van der Waals surface area contributed by atoms with Gasteiger partial charge in [-0.15, -0.1) is 11.8 Å². The van der Waals surface area contributed by atoms with Crippen LogP contribution in [0.3, 0.4) is 0 Å². The number of anilines is 2. The number of nitrogens with two attached hydrogens (primary N) is 2. The van der Waals surface area contributed by atoms with Gasteiger partial charge in [-0.2, -0.15) is 0 Å². The summed E-state index contributed by atoms with van der Waals surface area (Å²) in [7, 11) is 3.15. The maximum Gasteiger partial charge on any atom is 0.168 e. The second-order valence-corrected chi connectivity index (χ2v) is 6.52. The molecule has 1 heterocycles. The van der Waals surface area contributed by atoms with E-state index < -0.39 is 0 Å². The highest BCUT2D eigenvalue weighted by atomic mass is 32.2. The van der Waals surface area contributed by atoms with Crippen molar-refractivity contribution >= 4 is 51.5 Å². The van der Waals surface area contributed by atoms with Gasteiger partial charge in [0, 0.05) is 22.0 Å². The Balaban J connectivity index is 0.000000199. The molecule has 0 fully saturated rings. The summed E-state index contributed by atoms with van der Waals surface area (Å²) < 4.78 is 10.3. The minimum atomic E-state index is 0.298. The zero-order valence-corrected chi connectivity index (χ0v) is 16.9.